The number of rotatable bonds is 12. The number of benzene rings is 3. The first-order valence-corrected chi connectivity index (χ1v) is 12.3. The molecule has 3 aromatic carbocycles. The molecule has 4 rings (SSSR count). The molecule has 0 radical (unpaired) electrons. The lowest BCUT2D eigenvalue weighted by atomic mass is 10.0. The van der Waals surface area contributed by atoms with E-state index in [-0.39, 0.29) is 23.4 Å². The van der Waals surface area contributed by atoms with E-state index in [1.54, 1.807) is 6.08 Å². The van der Waals surface area contributed by atoms with E-state index in [9.17, 15) is 18.8 Å². The Bertz CT molecular complexity index is 1310. The molecule has 2 amide bonds. The molecule has 5 nitrogen and oxygen atoms in total. The van der Waals surface area contributed by atoms with Gasteiger partial charge in [0, 0.05) is 11.6 Å². The molecule has 1 heterocycles. The maximum atomic E-state index is 13.0. The Labute approximate surface area is 215 Å². The fourth-order valence-electron chi connectivity index (χ4n) is 4.01. The Morgan fingerprint density at radius 2 is 1.54 bits per heavy atom. The minimum atomic E-state index is -0.366. The molecule has 1 aliphatic heterocycles. The van der Waals surface area contributed by atoms with Crippen LogP contribution < -0.4 is 10.1 Å². The van der Waals surface area contributed by atoms with Gasteiger partial charge in [-0.25, -0.2) is 4.39 Å². The molecule has 188 valence electrons. The van der Waals surface area contributed by atoms with Crippen LogP contribution in [0.15, 0.2) is 84.9 Å². The smallest absolute Gasteiger partial charge is 0.258 e. The van der Waals surface area contributed by atoms with Crippen LogP contribution in [0.1, 0.15) is 52.7 Å². The molecule has 0 aromatic heterocycles. The first-order valence-electron chi connectivity index (χ1n) is 12.3. The molecule has 0 unspecified atom stereocenters. The minimum Gasteiger partial charge on any atom is -0.494 e. The lowest BCUT2D eigenvalue weighted by Crippen LogP contribution is -2.21. The van der Waals surface area contributed by atoms with Crippen molar-refractivity contribution >= 4 is 29.2 Å². The SMILES string of the molecule is O=C1C=C(c2ccc(CCCCCCOc3ccc(C=CC(=O)c4ccc(F)cc4)cc3)cc2)C(=O)N1. The van der Waals surface area contributed by atoms with Crippen molar-refractivity contribution in [2.24, 2.45) is 0 Å². The standard InChI is InChI=1S/C31H28FNO4/c32-26-15-13-25(14-16-26)29(34)19-10-23-8-17-27(18-9-23)37-20-4-2-1-3-5-22-6-11-24(12-7-22)28-21-30(35)33-31(28)36/h6-19,21H,1-5,20H2,(H,33,35,36). The monoisotopic (exact) mass is 497 g/mol. The normalized spacial score (nSPS) is 13.1. The van der Waals surface area contributed by atoms with Gasteiger partial charge in [-0.05, 0) is 78.4 Å². The predicted octanol–water partition coefficient (Wildman–Crippen LogP) is 5.94. The first-order chi connectivity index (χ1) is 18.0. The van der Waals surface area contributed by atoms with Crippen molar-refractivity contribution < 1.29 is 23.5 Å². The molecule has 0 bridgehead atoms. The zero-order chi connectivity index (χ0) is 26.0. The molecule has 0 fully saturated rings. The number of hydrogen-bond acceptors (Lipinski definition) is 4. The summed E-state index contributed by atoms with van der Waals surface area (Å²) in [7, 11) is 0. The number of aryl methyl sites for hydroxylation is 1. The number of imide groups is 1. The van der Waals surface area contributed by atoms with E-state index in [0.717, 1.165) is 49.0 Å². The van der Waals surface area contributed by atoms with E-state index in [1.165, 1.54) is 42.0 Å². The van der Waals surface area contributed by atoms with Gasteiger partial charge in [0.25, 0.3) is 11.8 Å². The summed E-state index contributed by atoms with van der Waals surface area (Å²) in [5.41, 5.74) is 3.71. The van der Waals surface area contributed by atoms with Gasteiger partial charge < -0.3 is 4.74 Å². The number of nitrogens with one attached hydrogen (secondary N) is 1. The fraction of sp³-hybridized carbons (Fsp3) is 0.194. The number of halogens is 1. The molecule has 0 atom stereocenters. The van der Waals surface area contributed by atoms with Gasteiger partial charge >= 0.3 is 0 Å². The number of amides is 2. The van der Waals surface area contributed by atoms with Crippen LogP contribution in [0.5, 0.6) is 5.75 Å². The zero-order valence-electron chi connectivity index (χ0n) is 20.4. The Kier molecular flexibility index (Phi) is 8.76. The van der Waals surface area contributed by atoms with Crippen molar-refractivity contribution in [1.82, 2.24) is 5.32 Å². The molecule has 0 spiro atoms. The summed E-state index contributed by atoms with van der Waals surface area (Å²) < 4.78 is 18.8. The highest BCUT2D eigenvalue weighted by Crippen LogP contribution is 2.20. The van der Waals surface area contributed by atoms with Gasteiger partial charge in [0.05, 0.1) is 12.2 Å². The van der Waals surface area contributed by atoms with Crippen molar-refractivity contribution in [3.05, 3.63) is 113 Å². The Morgan fingerprint density at radius 1 is 0.838 bits per heavy atom. The van der Waals surface area contributed by atoms with Crippen molar-refractivity contribution in [1.29, 1.82) is 0 Å². The van der Waals surface area contributed by atoms with Crippen LogP contribution in [-0.2, 0) is 16.0 Å². The highest BCUT2D eigenvalue weighted by Gasteiger charge is 2.21. The second-order valence-corrected chi connectivity index (χ2v) is 8.86. The van der Waals surface area contributed by atoms with Gasteiger partial charge in [-0.15, -0.1) is 0 Å². The predicted molar refractivity (Wildman–Crippen MR) is 141 cm³/mol. The summed E-state index contributed by atoms with van der Waals surface area (Å²) in [5, 5.41) is 2.26. The number of allylic oxidation sites excluding steroid dienone is 1. The minimum absolute atomic E-state index is 0.175. The molecule has 0 saturated carbocycles. The van der Waals surface area contributed by atoms with Gasteiger partial charge in [0.15, 0.2) is 5.78 Å². The van der Waals surface area contributed by atoms with Gasteiger partial charge in [0.2, 0.25) is 0 Å². The summed E-state index contributed by atoms with van der Waals surface area (Å²) >= 11 is 0. The van der Waals surface area contributed by atoms with Gasteiger partial charge in [-0.2, -0.15) is 0 Å². The molecule has 6 heteroatoms. The molecular formula is C31H28FNO4. The number of unbranched alkanes of at least 4 members (excludes halogenated alkanes) is 3. The Morgan fingerprint density at radius 3 is 2.22 bits per heavy atom. The zero-order valence-corrected chi connectivity index (χ0v) is 20.4. The third kappa shape index (κ3) is 7.58. The van der Waals surface area contributed by atoms with Crippen LogP contribution in [0.2, 0.25) is 0 Å². The van der Waals surface area contributed by atoms with E-state index in [4.69, 9.17) is 4.74 Å². The quantitative estimate of drug-likeness (QED) is 0.145. The number of carbonyl (C=O) groups excluding carboxylic acids is 3. The maximum absolute atomic E-state index is 13.0. The molecule has 0 saturated heterocycles. The molecule has 0 aliphatic carbocycles. The summed E-state index contributed by atoms with van der Waals surface area (Å²) in [6.45, 7) is 0.642. The second kappa shape index (κ2) is 12.6. The van der Waals surface area contributed by atoms with E-state index in [1.807, 2.05) is 48.5 Å². The number of ketones is 1. The van der Waals surface area contributed by atoms with Crippen LogP contribution in [0, 0.1) is 5.82 Å². The summed E-state index contributed by atoms with van der Waals surface area (Å²) in [6.07, 6.45) is 9.70. The van der Waals surface area contributed by atoms with Crippen LogP contribution in [0.25, 0.3) is 11.6 Å². The van der Waals surface area contributed by atoms with Crippen LogP contribution >= 0.6 is 0 Å². The molecular weight excluding hydrogens is 469 g/mol. The van der Waals surface area contributed by atoms with Crippen LogP contribution in [0.3, 0.4) is 0 Å². The number of carbonyl (C=O) groups is 3. The molecule has 1 aliphatic rings. The fourth-order valence-corrected chi connectivity index (χ4v) is 4.01. The summed E-state index contributed by atoms with van der Waals surface area (Å²) in [4.78, 5) is 35.2. The largest absolute Gasteiger partial charge is 0.494 e. The highest BCUT2D eigenvalue weighted by molar-refractivity contribution is 6.33. The third-order valence-corrected chi connectivity index (χ3v) is 6.09. The van der Waals surface area contributed by atoms with Crippen molar-refractivity contribution in [3.8, 4) is 5.75 Å². The number of ether oxygens (including phenoxy) is 1. The van der Waals surface area contributed by atoms with Gasteiger partial charge in [-0.3, -0.25) is 19.7 Å². The summed E-state index contributed by atoms with van der Waals surface area (Å²) in [5.74, 6) is -0.465. The van der Waals surface area contributed by atoms with E-state index < -0.39 is 0 Å². The Balaban J connectivity index is 1.11. The van der Waals surface area contributed by atoms with E-state index in [2.05, 4.69) is 5.32 Å². The molecule has 1 N–H and O–H groups in total. The van der Waals surface area contributed by atoms with Gasteiger partial charge in [-0.1, -0.05) is 55.3 Å². The van der Waals surface area contributed by atoms with E-state index >= 15 is 0 Å². The molecule has 37 heavy (non-hydrogen) atoms. The van der Waals surface area contributed by atoms with Crippen molar-refractivity contribution in [2.75, 3.05) is 6.61 Å². The maximum Gasteiger partial charge on any atom is 0.258 e. The first kappa shape index (κ1) is 25.8. The second-order valence-electron chi connectivity index (χ2n) is 8.86. The van der Waals surface area contributed by atoms with Crippen molar-refractivity contribution in [2.45, 2.75) is 32.1 Å². The summed E-state index contributed by atoms with van der Waals surface area (Å²) in [6, 6.07) is 20.8. The lowest BCUT2D eigenvalue weighted by molar-refractivity contribution is -0.123. The molecule has 3 aromatic rings. The van der Waals surface area contributed by atoms with E-state index in [0.29, 0.717) is 17.7 Å². The lowest BCUT2D eigenvalue weighted by Gasteiger charge is -2.07. The topological polar surface area (TPSA) is 72.5 Å². The average Bonchev–Trinajstić information content (AvgIpc) is 3.25. The van der Waals surface area contributed by atoms with Crippen molar-refractivity contribution in [3.63, 3.8) is 0 Å². The van der Waals surface area contributed by atoms with Gasteiger partial charge in [0.1, 0.15) is 11.6 Å². The highest BCUT2D eigenvalue weighted by atomic mass is 19.1. The average molecular weight is 498 g/mol. The van der Waals surface area contributed by atoms with Crippen LogP contribution in [-0.4, -0.2) is 24.2 Å². The number of hydrogen-bond donors (Lipinski definition) is 1. The Hall–Kier alpha value is -4.32. The van der Waals surface area contributed by atoms with Crippen LogP contribution in [0.4, 0.5) is 4.39 Å². The third-order valence-electron chi connectivity index (χ3n) is 6.09.